The maximum Gasteiger partial charge on any atom is 0.0522 e. The SMILES string of the molecule is c1ccc(CN2CC3CCc4cn[nH]c4C3C2)cc1. The van der Waals surface area contributed by atoms with E-state index >= 15 is 0 Å². The molecule has 1 aromatic heterocycles. The summed E-state index contributed by atoms with van der Waals surface area (Å²) in [6.07, 6.45) is 4.54. The minimum absolute atomic E-state index is 0.676. The van der Waals surface area contributed by atoms with Crippen LogP contribution in [0.2, 0.25) is 0 Å². The third-order valence-corrected chi connectivity index (χ3v) is 4.67. The lowest BCUT2D eigenvalue weighted by atomic mass is 9.81. The third-order valence-electron chi connectivity index (χ3n) is 4.67. The first kappa shape index (κ1) is 11.2. The lowest BCUT2D eigenvalue weighted by Crippen LogP contribution is -2.20. The number of H-pyrrole nitrogens is 1. The molecule has 4 rings (SSSR count). The molecule has 1 N–H and O–H groups in total. The molecule has 0 bridgehead atoms. The Bertz CT molecular complexity index is 560. The summed E-state index contributed by atoms with van der Waals surface area (Å²) in [7, 11) is 0. The number of fused-ring (bicyclic) bond motifs is 3. The largest absolute Gasteiger partial charge is 0.298 e. The Hall–Kier alpha value is -1.61. The number of likely N-dealkylation sites (tertiary alicyclic amines) is 1. The summed E-state index contributed by atoms with van der Waals surface area (Å²) in [5.74, 6) is 1.49. The van der Waals surface area contributed by atoms with Crippen LogP contribution in [-0.4, -0.2) is 28.2 Å². The molecule has 1 aromatic carbocycles. The molecule has 2 aliphatic rings. The average Bonchev–Trinajstić information content (AvgIpc) is 3.04. The zero-order chi connectivity index (χ0) is 12.7. The van der Waals surface area contributed by atoms with Crippen LogP contribution in [-0.2, 0) is 13.0 Å². The fourth-order valence-corrected chi connectivity index (χ4v) is 3.73. The highest BCUT2D eigenvalue weighted by atomic mass is 15.2. The smallest absolute Gasteiger partial charge is 0.0522 e. The summed E-state index contributed by atoms with van der Waals surface area (Å²) in [6.45, 7) is 3.49. The molecule has 2 unspecified atom stereocenters. The summed E-state index contributed by atoms with van der Waals surface area (Å²) in [4.78, 5) is 2.60. The summed E-state index contributed by atoms with van der Waals surface area (Å²) >= 11 is 0. The van der Waals surface area contributed by atoms with Gasteiger partial charge in [-0.1, -0.05) is 30.3 Å². The molecule has 1 aliphatic heterocycles. The van der Waals surface area contributed by atoms with Gasteiger partial charge in [0.05, 0.1) is 6.20 Å². The first-order chi connectivity index (χ1) is 9.40. The third kappa shape index (κ3) is 1.98. The van der Waals surface area contributed by atoms with E-state index in [2.05, 4.69) is 45.4 Å². The average molecular weight is 253 g/mol. The van der Waals surface area contributed by atoms with Gasteiger partial charge in [0, 0.05) is 31.2 Å². The van der Waals surface area contributed by atoms with Gasteiger partial charge in [-0.15, -0.1) is 0 Å². The minimum atomic E-state index is 0.676. The number of benzene rings is 1. The Balaban J connectivity index is 1.52. The molecule has 3 heteroatoms. The molecule has 0 spiro atoms. The van der Waals surface area contributed by atoms with Gasteiger partial charge < -0.3 is 0 Å². The molecule has 2 atom stereocenters. The van der Waals surface area contributed by atoms with Crippen LogP contribution in [0.5, 0.6) is 0 Å². The second-order valence-corrected chi connectivity index (χ2v) is 5.89. The van der Waals surface area contributed by atoms with Crippen LogP contribution >= 0.6 is 0 Å². The van der Waals surface area contributed by atoms with Crippen LogP contribution in [0.15, 0.2) is 36.5 Å². The first-order valence-corrected chi connectivity index (χ1v) is 7.18. The molecule has 0 saturated carbocycles. The van der Waals surface area contributed by atoms with E-state index < -0.39 is 0 Å². The Morgan fingerprint density at radius 1 is 1.21 bits per heavy atom. The van der Waals surface area contributed by atoms with E-state index in [4.69, 9.17) is 0 Å². The van der Waals surface area contributed by atoms with Crippen molar-refractivity contribution in [1.29, 1.82) is 0 Å². The molecule has 2 heterocycles. The summed E-state index contributed by atoms with van der Waals surface area (Å²) < 4.78 is 0. The normalized spacial score (nSPS) is 26.1. The second kappa shape index (κ2) is 4.49. The zero-order valence-corrected chi connectivity index (χ0v) is 11.0. The van der Waals surface area contributed by atoms with Gasteiger partial charge in [0.15, 0.2) is 0 Å². The maximum atomic E-state index is 4.23. The molecule has 1 saturated heterocycles. The fourth-order valence-electron chi connectivity index (χ4n) is 3.73. The van der Waals surface area contributed by atoms with Gasteiger partial charge in [-0.3, -0.25) is 10.00 Å². The van der Waals surface area contributed by atoms with Crippen LogP contribution in [0.25, 0.3) is 0 Å². The topological polar surface area (TPSA) is 31.9 Å². The predicted octanol–water partition coefficient (Wildman–Crippen LogP) is 2.57. The fraction of sp³-hybridized carbons (Fsp3) is 0.438. The van der Waals surface area contributed by atoms with E-state index in [1.807, 2.05) is 6.20 Å². The van der Waals surface area contributed by atoms with E-state index in [1.54, 1.807) is 0 Å². The van der Waals surface area contributed by atoms with Gasteiger partial charge in [0.2, 0.25) is 0 Å². The highest BCUT2D eigenvalue weighted by molar-refractivity contribution is 5.27. The number of aryl methyl sites for hydroxylation is 1. The highest BCUT2D eigenvalue weighted by Gasteiger charge is 2.38. The molecule has 98 valence electrons. The van der Waals surface area contributed by atoms with E-state index in [0.717, 1.165) is 12.5 Å². The molecule has 1 fully saturated rings. The molecular formula is C16H19N3. The lowest BCUT2D eigenvalue weighted by Gasteiger charge is -2.23. The predicted molar refractivity (Wildman–Crippen MR) is 74.9 cm³/mol. The Kier molecular flexibility index (Phi) is 2.66. The van der Waals surface area contributed by atoms with E-state index in [9.17, 15) is 0 Å². The van der Waals surface area contributed by atoms with Crippen molar-refractivity contribution in [2.45, 2.75) is 25.3 Å². The maximum absolute atomic E-state index is 4.23. The number of aromatic nitrogens is 2. The first-order valence-electron chi connectivity index (χ1n) is 7.18. The number of nitrogens with one attached hydrogen (secondary N) is 1. The van der Waals surface area contributed by atoms with Crippen molar-refractivity contribution in [3.63, 3.8) is 0 Å². The number of hydrogen-bond acceptors (Lipinski definition) is 2. The van der Waals surface area contributed by atoms with Crippen molar-refractivity contribution in [2.75, 3.05) is 13.1 Å². The van der Waals surface area contributed by atoms with Crippen LogP contribution in [0.3, 0.4) is 0 Å². The monoisotopic (exact) mass is 253 g/mol. The Morgan fingerprint density at radius 2 is 2.11 bits per heavy atom. The molecular weight excluding hydrogens is 234 g/mol. The standard InChI is InChI=1S/C16H19N3/c1-2-4-12(5-3-1)9-19-10-14-7-6-13-8-17-18-16(13)15(14)11-19/h1-5,8,14-15H,6-7,9-11H2,(H,17,18). The van der Waals surface area contributed by atoms with Gasteiger partial charge in [0.25, 0.3) is 0 Å². The summed E-state index contributed by atoms with van der Waals surface area (Å²) in [5, 5.41) is 7.47. The van der Waals surface area contributed by atoms with Gasteiger partial charge in [-0.2, -0.15) is 5.10 Å². The van der Waals surface area contributed by atoms with Crippen molar-refractivity contribution < 1.29 is 0 Å². The Labute approximate surface area is 113 Å². The van der Waals surface area contributed by atoms with Crippen LogP contribution in [0.1, 0.15) is 29.2 Å². The zero-order valence-electron chi connectivity index (χ0n) is 11.0. The molecule has 3 nitrogen and oxygen atoms in total. The molecule has 0 amide bonds. The quantitative estimate of drug-likeness (QED) is 0.892. The highest BCUT2D eigenvalue weighted by Crippen LogP contribution is 2.40. The number of hydrogen-bond donors (Lipinski definition) is 1. The van der Waals surface area contributed by atoms with Crippen molar-refractivity contribution in [1.82, 2.24) is 15.1 Å². The van der Waals surface area contributed by atoms with E-state index in [-0.39, 0.29) is 0 Å². The summed E-state index contributed by atoms with van der Waals surface area (Å²) in [5.41, 5.74) is 4.28. The van der Waals surface area contributed by atoms with Crippen molar-refractivity contribution in [3.8, 4) is 0 Å². The van der Waals surface area contributed by atoms with Crippen LogP contribution in [0.4, 0.5) is 0 Å². The van der Waals surface area contributed by atoms with Gasteiger partial charge in [-0.05, 0) is 29.9 Å². The van der Waals surface area contributed by atoms with Crippen molar-refractivity contribution in [2.24, 2.45) is 5.92 Å². The molecule has 1 aliphatic carbocycles. The van der Waals surface area contributed by atoms with E-state index in [0.29, 0.717) is 5.92 Å². The van der Waals surface area contributed by atoms with Gasteiger partial charge in [0.1, 0.15) is 0 Å². The molecule has 2 aromatic rings. The van der Waals surface area contributed by atoms with Gasteiger partial charge in [-0.25, -0.2) is 0 Å². The van der Waals surface area contributed by atoms with E-state index in [1.165, 1.54) is 42.8 Å². The second-order valence-electron chi connectivity index (χ2n) is 5.89. The summed E-state index contributed by atoms with van der Waals surface area (Å²) in [6, 6.07) is 10.8. The molecule has 0 radical (unpaired) electrons. The minimum Gasteiger partial charge on any atom is -0.298 e. The van der Waals surface area contributed by atoms with Gasteiger partial charge >= 0.3 is 0 Å². The van der Waals surface area contributed by atoms with Crippen LogP contribution in [0, 0.1) is 5.92 Å². The Morgan fingerprint density at radius 3 is 3.00 bits per heavy atom. The van der Waals surface area contributed by atoms with Crippen molar-refractivity contribution >= 4 is 0 Å². The number of aromatic amines is 1. The lowest BCUT2D eigenvalue weighted by molar-refractivity contribution is 0.313. The van der Waals surface area contributed by atoms with Crippen molar-refractivity contribution in [3.05, 3.63) is 53.3 Å². The number of rotatable bonds is 2. The molecule has 19 heavy (non-hydrogen) atoms. The number of nitrogens with zero attached hydrogens (tertiary/aromatic N) is 2. The van der Waals surface area contributed by atoms with Crippen LogP contribution < -0.4 is 0 Å².